The summed E-state index contributed by atoms with van der Waals surface area (Å²) in [4.78, 5) is 20.0. The molecule has 3 aromatic rings. The van der Waals surface area contributed by atoms with Crippen LogP contribution in [0.4, 0.5) is 10.5 Å². The van der Waals surface area contributed by atoms with Crippen LogP contribution in [0.1, 0.15) is 57.7 Å². The molecule has 0 bridgehead atoms. The molecule has 0 aliphatic carbocycles. The van der Waals surface area contributed by atoms with Crippen LogP contribution in [0.25, 0.3) is 10.2 Å². The van der Waals surface area contributed by atoms with Crippen molar-refractivity contribution in [1.29, 1.82) is 0 Å². The number of rotatable bonds is 5. The van der Waals surface area contributed by atoms with Crippen LogP contribution in [-0.4, -0.2) is 32.2 Å². The number of amides is 1. The molecule has 3 heterocycles. The molecule has 0 saturated carbocycles. The minimum absolute atomic E-state index is 0.158. The minimum atomic E-state index is -1.39. The molecule has 1 atom stereocenters. The van der Waals surface area contributed by atoms with E-state index in [1.807, 2.05) is 48.5 Å². The summed E-state index contributed by atoms with van der Waals surface area (Å²) in [7, 11) is 0. The van der Waals surface area contributed by atoms with Crippen molar-refractivity contribution in [3.63, 3.8) is 0 Å². The number of aryl methyl sites for hydroxylation is 1. The predicted molar refractivity (Wildman–Crippen MR) is 136 cm³/mol. The average molecular weight is 510 g/mol. The maximum absolute atomic E-state index is 13.2. The van der Waals surface area contributed by atoms with Gasteiger partial charge in [0.15, 0.2) is 0 Å². The SMILES string of the molecule is Cc1c(C=N[S+]([O-])C(C)(C)C)sc2c(N(Cc3ccco3)C(=O)OC(C)(C)C)cc(Cl)nc12. The second kappa shape index (κ2) is 9.66. The normalized spacial score (nSPS) is 13.6. The van der Waals surface area contributed by atoms with Crippen LogP contribution < -0.4 is 4.90 Å². The van der Waals surface area contributed by atoms with Gasteiger partial charge in [0.2, 0.25) is 0 Å². The number of hydrogen-bond donors (Lipinski definition) is 0. The first kappa shape index (κ1) is 25.6. The van der Waals surface area contributed by atoms with Gasteiger partial charge in [0, 0.05) is 6.07 Å². The fourth-order valence-corrected chi connectivity index (χ4v) is 4.76. The first-order chi connectivity index (χ1) is 15.3. The number of nitrogens with zero attached hydrogens (tertiary/aromatic N) is 3. The summed E-state index contributed by atoms with van der Waals surface area (Å²) in [5.74, 6) is 0.595. The molecular weight excluding hydrogens is 482 g/mol. The third-order valence-electron chi connectivity index (χ3n) is 4.45. The average Bonchev–Trinajstić information content (AvgIpc) is 3.30. The predicted octanol–water partition coefficient (Wildman–Crippen LogP) is 6.67. The van der Waals surface area contributed by atoms with Crippen LogP contribution in [0.15, 0.2) is 33.3 Å². The molecule has 10 heteroatoms. The monoisotopic (exact) mass is 509 g/mol. The van der Waals surface area contributed by atoms with E-state index in [0.717, 1.165) is 15.1 Å². The van der Waals surface area contributed by atoms with Gasteiger partial charge in [-0.3, -0.25) is 4.90 Å². The van der Waals surface area contributed by atoms with E-state index in [4.69, 9.17) is 20.8 Å². The highest BCUT2D eigenvalue weighted by Crippen LogP contribution is 2.39. The lowest BCUT2D eigenvalue weighted by Crippen LogP contribution is -2.36. The van der Waals surface area contributed by atoms with Gasteiger partial charge in [-0.2, -0.15) is 0 Å². The Morgan fingerprint density at radius 1 is 1.36 bits per heavy atom. The van der Waals surface area contributed by atoms with Crippen molar-refractivity contribution in [2.75, 3.05) is 4.90 Å². The van der Waals surface area contributed by atoms with Gasteiger partial charge in [-0.25, -0.2) is 9.78 Å². The van der Waals surface area contributed by atoms with Crippen LogP contribution in [0, 0.1) is 6.92 Å². The molecule has 7 nitrogen and oxygen atoms in total. The van der Waals surface area contributed by atoms with Gasteiger partial charge in [0.05, 0.1) is 39.8 Å². The molecule has 3 aromatic heterocycles. The van der Waals surface area contributed by atoms with Gasteiger partial charge >= 0.3 is 6.09 Å². The van der Waals surface area contributed by atoms with Crippen molar-refractivity contribution >= 4 is 62.5 Å². The van der Waals surface area contributed by atoms with E-state index in [1.54, 1.807) is 30.7 Å². The van der Waals surface area contributed by atoms with E-state index in [0.29, 0.717) is 17.0 Å². The highest BCUT2D eigenvalue weighted by Gasteiger charge is 2.29. The molecule has 1 unspecified atom stereocenters. The molecule has 0 aliphatic heterocycles. The fourth-order valence-electron chi connectivity index (χ4n) is 2.85. The summed E-state index contributed by atoms with van der Waals surface area (Å²) in [5.41, 5.74) is 1.36. The lowest BCUT2D eigenvalue weighted by molar-refractivity contribution is 0.0575. The van der Waals surface area contributed by atoms with Crippen LogP contribution in [0.5, 0.6) is 0 Å². The number of carbonyl (C=O) groups is 1. The second-order valence-corrected chi connectivity index (χ2v) is 12.8. The summed E-state index contributed by atoms with van der Waals surface area (Å²) in [6.45, 7) is 13.1. The summed E-state index contributed by atoms with van der Waals surface area (Å²) < 4.78 is 28.1. The molecule has 0 radical (unpaired) electrons. The van der Waals surface area contributed by atoms with E-state index in [2.05, 4.69) is 9.38 Å². The van der Waals surface area contributed by atoms with Crippen LogP contribution in [0.3, 0.4) is 0 Å². The molecule has 0 aromatic carbocycles. The van der Waals surface area contributed by atoms with Crippen molar-refractivity contribution in [2.45, 2.75) is 65.4 Å². The Labute approximate surface area is 206 Å². The molecule has 3 rings (SSSR count). The Hall–Kier alpha value is -2.07. The van der Waals surface area contributed by atoms with Gasteiger partial charge in [-0.1, -0.05) is 16.0 Å². The Bertz CT molecular complexity index is 1160. The number of anilines is 1. The summed E-state index contributed by atoms with van der Waals surface area (Å²) in [6, 6.07) is 5.19. The summed E-state index contributed by atoms with van der Waals surface area (Å²) in [6.07, 6.45) is 2.62. The molecule has 0 aliphatic rings. The maximum Gasteiger partial charge on any atom is 0.415 e. The second-order valence-electron chi connectivity index (χ2n) is 9.48. The minimum Gasteiger partial charge on any atom is -0.591 e. The largest absolute Gasteiger partial charge is 0.591 e. The van der Waals surface area contributed by atoms with Gasteiger partial charge in [0.25, 0.3) is 0 Å². The van der Waals surface area contributed by atoms with Crippen molar-refractivity contribution < 1.29 is 18.5 Å². The summed E-state index contributed by atoms with van der Waals surface area (Å²) >= 11 is 6.37. The Balaban J connectivity index is 2.11. The molecule has 0 spiro atoms. The zero-order chi connectivity index (χ0) is 24.6. The smallest absolute Gasteiger partial charge is 0.415 e. The molecule has 0 N–H and O–H groups in total. The number of halogens is 1. The number of carbonyl (C=O) groups excluding carboxylic acids is 1. The standard InChI is InChI=1S/C23H28ClN3O4S2/c1-14-17(12-25-33(29)23(5,6)7)32-20-16(11-18(24)26-19(14)20)27(13-15-9-8-10-30-15)21(28)31-22(2,3)4/h8-12H,13H2,1-7H3. The van der Waals surface area contributed by atoms with Crippen LogP contribution in [0.2, 0.25) is 5.15 Å². The number of ether oxygens (including phenoxy) is 1. The third kappa shape index (κ3) is 6.29. The van der Waals surface area contributed by atoms with Crippen LogP contribution >= 0.6 is 22.9 Å². The zero-order valence-corrected chi connectivity index (χ0v) is 22.2. The third-order valence-corrected chi connectivity index (χ3v) is 7.22. The van der Waals surface area contributed by atoms with Gasteiger partial charge in [-0.05, 0) is 66.2 Å². The topological polar surface area (TPSA) is 91.0 Å². The lowest BCUT2D eigenvalue weighted by Gasteiger charge is -2.27. The van der Waals surface area contributed by atoms with Gasteiger partial charge in [0.1, 0.15) is 32.6 Å². The fraction of sp³-hybridized carbons (Fsp3) is 0.435. The van der Waals surface area contributed by atoms with E-state index in [-0.39, 0.29) is 11.7 Å². The van der Waals surface area contributed by atoms with Gasteiger partial charge < -0.3 is 13.7 Å². The Morgan fingerprint density at radius 3 is 2.64 bits per heavy atom. The van der Waals surface area contributed by atoms with Crippen LogP contribution in [-0.2, 0) is 22.6 Å². The number of furan rings is 1. The lowest BCUT2D eigenvalue weighted by atomic mass is 10.2. The number of hydrogen-bond acceptors (Lipinski definition) is 7. The number of fused-ring (bicyclic) bond motifs is 1. The van der Waals surface area contributed by atoms with E-state index < -0.39 is 27.8 Å². The zero-order valence-electron chi connectivity index (χ0n) is 19.8. The number of aromatic nitrogens is 1. The van der Waals surface area contributed by atoms with Crippen molar-refractivity contribution in [2.24, 2.45) is 4.40 Å². The van der Waals surface area contributed by atoms with E-state index in [9.17, 15) is 9.35 Å². The van der Waals surface area contributed by atoms with Crippen molar-refractivity contribution in [3.8, 4) is 0 Å². The van der Waals surface area contributed by atoms with Crippen molar-refractivity contribution in [1.82, 2.24) is 4.98 Å². The summed E-state index contributed by atoms with van der Waals surface area (Å²) in [5, 5.41) is 0.244. The molecule has 1 amide bonds. The van der Waals surface area contributed by atoms with E-state index in [1.165, 1.54) is 16.2 Å². The first-order valence-electron chi connectivity index (χ1n) is 10.3. The molecule has 0 fully saturated rings. The quantitative estimate of drug-likeness (QED) is 0.217. The number of thiophene rings is 1. The Kier molecular flexibility index (Phi) is 7.48. The Morgan fingerprint density at radius 2 is 2.06 bits per heavy atom. The first-order valence-corrected chi connectivity index (χ1v) is 12.6. The molecular formula is C23H28ClN3O4S2. The highest BCUT2D eigenvalue weighted by molar-refractivity contribution is 7.91. The molecule has 33 heavy (non-hydrogen) atoms. The van der Waals surface area contributed by atoms with Gasteiger partial charge in [-0.15, -0.1) is 11.3 Å². The molecule has 0 saturated heterocycles. The highest BCUT2D eigenvalue weighted by atomic mass is 35.5. The molecule has 178 valence electrons. The van der Waals surface area contributed by atoms with Crippen molar-refractivity contribution in [3.05, 3.63) is 45.8 Å². The maximum atomic E-state index is 13.2. The number of pyridine rings is 1. The van der Waals surface area contributed by atoms with E-state index >= 15 is 0 Å².